The van der Waals surface area contributed by atoms with E-state index in [0.717, 1.165) is 0 Å². The van der Waals surface area contributed by atoms with Crippen molar-refractivity contribution in [2.45, 2.75) is 18.9 Å². The fourth-order valence-electron chi connectivity index (χ4n) is 1.29. The van der Waals surface area contributed by atoms with Gasteiger partial charge in [0.2, 0.25) is 0 Å². The van der Waals surface area contributed by atoms with Crippen molar-refractivity contribution in [3.63, 3.8) is 0 Å². The zero-order valence-electron chi connectivity index (χ0n) is 8.12. The third-order valence-electron chi connectivity index (χ3n) is 2.06. The van der Waals surface area contributed by atoms with Crippen molar-refractivity contribution in [2.75, 3.05) is 0 Å². The van der Waals surface area contributed by atoms with E-state index in [-0.39, 0.29) is 5.69 Å². The van der Waals surface area contributed by atoms with E-state index in [1.807, 2.05) is 6.07 Å². The number of nitriles is 1. The van der Waals surface area contributed by atoms with Crippen molar-refractivity contribution in [2.24, 2.45) is 0 Å². The maximum atomic E-state index is 10.5. The highest BCUT2D eigenvalue weighted by atomic mass is 16.6. The van der Waals surface area contributed by atoms with Gasteiger partial charge in [-0.3, -0.25) is 10.1 Å². The van der Waals surface area contributed by atoms with Crippen LogP contribution in [0.3, 0.4) is 0 Å². The zero-order chi connectivity index (χ0) is 11.4. The highest BCUT2D eigenvalue weighted by Gasteiger charge is 2.18. The molecule has 5 nitrogen and oxygen atoms in total. The van der Waals surface area contributed by atoms with E-state index in [1.165, 1.54) is 25.1 Å². The Bertz CT molecular complexity index is 409. The van der Waals surface area contributed by atoms with Gasteiger partial charge in [0, 0.05) is 12.1 Å². The third kappa shape index (κ3) is 2.51. The quantitative estimate of drug-likeness (QED) is 0.600. The van der Waals surface area contributed by atoms with Gasteiger partial charge in [-0.05, 0) is 12.5 Å². The van der Waals surface area contributed by atoms with E-state index < -0.39 is 16.9 Å². The first kappa shape index (κ1) is 11.1. The lowest BCUT2D eigenvalue weighted by molar-refractivity contribution is -0.384. The summed E-state index contributed by atoms with van der Waals surface area (Å²) >= 11 is 0. The third-order valence-corrected chi connectivity index (χ3v) is 2.06. The molecule has 0 bridgehead atoms. The first-order valence-electron chi connectivity index (χ1n) is 4.38. The Balaban J connectivity index is 3.10. The highest BCUT2D eigenvalue weighted by molar-refractivity contribution is 5.38. The Kier molecular flexibility index (Phi) is 3.37. The van der Waals surface area contributed by atoms with Gasteiger partial charge in [0.25, 0.3) is 5.69 Å². The van der Waals surface area contributed by atoms with E-state index in [4.69, 9.17) is 5.26 Å². The molecule has 15 heavy (non-hydrogen) atoms. The van der Waals surface area contributed by atoms with Crippen LogP contribution in [0.4, 0.5) is 5.69 Å². The fraction of sp³-hybridized carbons (Fsp3) is 0.300. The number of hydrogen-bond donors (Lipinski definition) is 1. The van der Waals surface area contributed by atoms with Gasteiger partial charge in [-0.1, -0.05) is 12.1 Å². The maximum absolute atomic E-state index is 10.5. The standard InChI is InChI=1S/C10H10N2O3/c1-7(13)10(6-11)8-3-2-4-9(5-8)12(14)15/h2-5,7,10,13H,1H3. The van der Waals surface area contributed by atoms with Crippen LogP contribution in [0.5, 0.6) is 0 Å². The Hall–Kier alpha value is -1.93. The van der Waals surface area contributed by atoms with E-state index >= 15 is 0 Å². The number of nitro groups is 1. The SMILES string of the molecule is CC(O)C(C#N)c1cccc([N+](=O)[O-])c1. The Morgan fingerprint density at radius 2 is 2.27 bits per heavy atom. The van der Waals surface area contributed by atoms with Gasteiger partial charge in [0.05, 0.1) is 23.0 Å². The molecule has 0 aromatic heterocycles. The summed E-state index contributed by atoms with van der Waals surface area (Å²) < 4.78 is 0. The highest BCUT2D eigenvalue weighted by Crippen LogP contribution is 2.22. The van der Waals surface area contributed by atoms with Crippen LogP contribution in [-0.2, 0) is 0 Å². The predicted molar refractivity (Wildman–Crippen MR) is 53.1 cm³/mol. The average Bonchev–Trinajstić information content (AvgIpc) is 2.18. The minimum absolute atomic E-state index is 0.0756. The summed E-state index contributed by atoms with van der Waals surface area (Å²) in [6.07, 6.45) is -0.850. The lowest BCUT2D eigenvalue weighted by atomic mass is 9.95. The van der Waals surface area contributed by atoms with Crippen molar-refractivity contribution in [1.82, 2.24) is 0 Å². The molecule has 1 rings (SSSR count). The van der Waals surface area contributed by atoms with Crippen LogP contribution in [0, 0.1) is 21.4 Å². The van der Waals surface area contributed by atoms with Gasteiger partial charge < -0.3 is 5.11 Å². The molecule has 0 amide bonds. The molecule has 0 heterocycles. The second-order valence-corrected chi connectivity index (χ2v) is 3.20. The number of aliphatic hydroxyl groups excluding tert-OH is 1. The van der Waals surface area contributed by atoms with Crippen LogP contribution in [-0.4, -0.2) is 16.1 Å². The minimum atomic E-state index is -0.850. The second kappa shape index (κ2) is 4.53. The second-order valence-electron chi connectivity index (χ2n) is 3.20. The summed E-state index contributed by atoms with van der Waals surface area (Å²) in [5, 5.41) is 28.6. The first-order valence-corrected chi connectivity index (χ1v) is 4.38. The fourth-order valence-corrected chi connectivity index (χ4v) is 1.29. The molecular weight excluding hydrogens is 196 g/mol. The van der Waals surface area contributed by atoms with Crippen LogP contribution in [0.2, 0.25) is 0 Å². The minimum Gasteiger partial charge on any atom is -0.392 e. The summed E-state index contributed by atoms with van der Waals surface area (Å²) in [6.45, 7) is 1.48. The molecule has 0 aliphatic heterocycles. The maximum Gasteiger partial charge on any atom is 0.269 e. The first-order chi connectivity index (χ1) is 7.06. The summed E-state index contributed by atoms with van der Waals surface area (Å²) in [5.74, 6) is -0.732. The monoisotopic (exact) mass is 206 g/mol. The lowest BCUT2D eigenvalue weighted by Crippen LogP contribution is -2.12. The van der Waals surface area contributed by atoms with Crippen molar-refractivity contribution in [3.8, 4) is 6.07 Å². The number of nitro benzene ring substituents is 1. The van der Waals surface area contributed by atoms with Crippen LogP contribution in [0.1, 0.15) is 18.4 Å². The molecular formula is C10H10N2O3. The summed E-state index contributed by atoms with van der Waals surface area (Å²) in [5.41, 5.74) is 0.384. The van der Waals surface area contributed by atoms with Crippen LogP contribution >= 0.6 is 0 Å². The molecule has 78 valence electrons. The summed E-state index contributed by atoms with van der Waals surface area (Å²) in [4.78, 5) is 9.97. The molecule has 5 heteroatoms. The number of hydrogen-bond acceptors (Lipinski definition) is 4. The van der Waals surface area contributed by atoms with E-state index in [9.17, 15) is 15.2 Å². The number of nitrogens with zero attached hydrogens (tertiary/aromatic N) is 2. The van der Waals surface area contributed by atoms with Crippen LogP contribution in [0.15, 0.2) is 24.3 Å². The molecule has 0 aliphatic rings. The van der Waals surface area contributed by atoms with Crippen molar-refractivity contribution in [3.05, 3.63) is 39.9 Å². The molecule has 0 spiro atoms. The van der Waals surface area contributed by atoms with Gasteiger partial charge in [0.15, 0.2) is 0 Å². The molecule has 1 aromatic rings. The van der Waals surface area contributed by atoms with Crippen LogP contribution < -0.4 is 0 Å². The van der Waals surface area contributed by atoms with E-state index in [2.05, 4.69) is 0 Å². The molecule has 0 fully saturated rings. The van der Waals surface area contributed by atoms with Gasteiger partial charge in [0.1, 0.15) is 0 Å². The summed E-state index contributed by atoms with van der Waals surface area (Å²) in [7, 11) is 0. The lowest BCUT2D eigenvalue weighted by Gasteiger charge is -2.11. The topological polar surface area (TPSA) is 87.2 Å². The molecule has 2 atom stereocenters. The number of rotatable bonds is 3. The van der Waals surface area contributed by atoms with E-state index in [0.29, 0.717) is 5.56 Å². The van der Waals surface area contributed by atoms with Gasteiger partial charge in [-0.2, -0.15) is 5.26 Å². The number of benzene rings is 1. The number of non-ortho nitro benzene ring substituents is 1. The van der Waals surface area contributed by atoms with Gasteiger partial charge in [-0.25, -0.2) is 0 Å². The molecule has 0 aliphatic carbocycles. The van der Waals surface area contributed by atoms with Crippen LogP contribution in [0.25, 0.3) is 0 Å². The normalized spacial score (nSPS) is 13.9. The van der Waals surface area contributed by atoms with Gasteiger partial charge >= 0.3 is 0 Å². The molecule has 0 radical (unpaired) electrons. The Labute approximate surface area is 86.7 Å². The Morgan fingerprint density at radius 1 is 1.60 bits per heavy atom. The molecule has 2 unspecified atom stereocenters. The van der Waals surface area contributed by atoms with Crippen molar-refractivity contribution >= 4 is 5.69 Å². The van der Waals surface area contributed by atoms with Crippen molar-refractivity contribution in [1.29, 1.82) is 5.26 Å². The predicted octanol–water partition coefficient (Wildman–Crippen LogP) is 1.58. The van der Waals surface area contributed by atoms with Crippen molar-refractivity contribution < 1.29 is 10.0 Å². The largest absolute Gasteiger partial charge is 0.392 e. The Morgan fingerprint density at radius 3 is 2.73 bits per heavy atom. The zero-order valence-corrected chi connectivity index (χ0v) is 8.12. The molecule has 1 N–H and O–H groups in total. The number of aliphatic hydroxyl groups is 1. The molecule has 0 saturated heterocycles. The molecule has 1 aromatic carbocycles. The smallest absolute Gasteiger partial charge is 0.269 e. The summed E-state index contributed by atoms with van der Waals surface area (Å²) in [6, 6.07) is 7.66. The van der Waals surface area contributed by atoms with Gasteiger partial charge in [-0.15, -0.1) is 0 Å². The molecule has 0 saturated carbocycles. The average molecular weight is 206 g/mol. The van der Waals surface area contributed by atoms with E-state index in [1.54, 1.807) is 6.07 Å².